The number of likely N-dealkylation sites (tertiary alicyclic amines) is 1. The first-order valence-electron chi connectivity index (χ1n) is 9.05. The van der Waals surface area contributed by atoms with Gasteiger partial charge in [0.1, 0.15) is 6.07 Å². The quantitative estimate of drug-likeness (QED) is 0.817. The Morgan fingerprint density at radius 3 is 3.00 bits per heavy atom. The predicted octanol–water partition coefficient (Wildman–Crippen LogP) is 1.85. The van der Waals surface area contributed by atoms with Gasteiger partial charge in [-0.2, -0.15) is 5.26 Å². The van der Waals surface area contributed by atoms with Crippen LogP contribution in [0.25, 0.3) is 0 Å². The smallest absolute Gasteiger partial charge is 0.226 e. The van der Waals surface area contributed by atoms with Crippen LogP contribution < -0.4 is 4.74 Å². The molecule has 2 unspecified atom stereocenters. The van der Waals surface area contributed by atoms with Gasteiger partial charge in [-0.25, -0.2) is 4.98 Å². The molecule has 2 aliphatic heterocycles. The summed E-state index contributed by atoms with van der Waals surface area (Å²) in [6.45, 7) is 5.05. The van der Waals surface area contributed by atoms with Crippen LogP contribution in [0.3, 0.4) is 0 Å². The number of aromatic nitrogens is 1. The molecule has 1 amide bonds. The van der Waals surface area contributed by atoms with Crippen LogP contribution in [0.2, 0.25) is 0 Å². The number of amides is 1. The summed E-state index contributed by atoms with van der Waals surface area (Å²) < 4.78 is 11.6. The molecule has 25 heavy (non-hydrogen) atoms. The highest BCUT2D eigenvalue weighted by atomic mass is 16.5. The molecule has 1 aliphatic carbocycles. The lowest BCUT2D eigenvalue weighted by Gasteiger charge is -2.20. The van der Waals surface area contributed by atoms with Crippen molar-refractivity contribution in [2.75, 3.05) is 26.3 Å². The van der Waals surface area contributed by atoms with Gasteiger partial charge >= 0.3 is 0 Å². The maximum Gasteiger partial charge on any atom is 0.226 e. The number of hydrogen-bond donors (Lipinski definition) is 0. The SMILES string of the molecule is CC1CC1C(=O)N1C[C@H]2[C@@H](CCOc3ccc(C#N)cn3)CO[C@H]2C1. The van der Waals surface area contributed by atoms with Gasteiger partial charge in [0.15, 0.2) is 0 Å². The third-order valence-electron chi connectivity index (χ3n) is 5.78. The molecule has 0 aromatic carbocycles. The molecule has 3 fully saturated rings. The summed E-state index contributed by atoms with van der Waals surface area (Å²) in [5.74, 6) is 2.53. The van der Waals surface area contributed by atoms with Crippen LogP contribution in [-0.4, -0.2) is 48.2 Å². The van der Waals surface area contributed by atoms with E-state index in [1.165, 1.54) is 6.20 Å². The number of nitriles is 1. The van der Waals surface area contributed by atoms with Crippen molar-refractivity contribution in [3.8, 4) is 11.9 Å². The number of fused-ring (bicyclic) bond motifs is 1. The van der Waals surface area contributed by atoms with E-state index in [4.69, 9.17) is 14.7 Å². The molecule has 5 atom stereocenters. The third kappa shape index (κ3) is 3.34. The highest BCUT2D eigenvalue weighted by molar-refractivity contribution is 5.82. The standard InChI is InChI=1S/C19H23N3O3/c1-12-6-15(12)19(23)22-9-16-14(11-25-17(16)10-22)4-5-24-18-3-2-13(7-20)8-21-18/h2-3,8,12,14-17H,4-6,9-11H2,1H3/t12?,14-,15?,16-,17-/m0/s1. The molecule has 132 valence electrons. The fourth-order valence-electron chi connectivity index (χ4n) is 4.02. The van der Waals surface area contributed by atoms with Crippen molar-refractivity contribution in [1.82, 2.24) is 9.88 Å². The second-order valence-corrected chi connectivity index (χ2v) is 7.49. The molecule has 1 aromatic heterocycles. The second kappa shape index (κ2) is 6.64. The molecule has 0 spiro atoms. The number of ether oxygens (including phenoxy) is 2. The first kappa shape index (κ1) is 16.3. The summed E-state index contributed by atoms with van der Waals surface area (Å²) in [5.41, 5.74) is 0.528. The van der Waals surface area contributed by atoms with Gasteiger partial charge in [0.25, 0.3) is 0 Å². The Morgan fingerprint density at radius 2 is 2.32 bits per heavy atom. The molecule has 0 N–H and O–H groups in total. The molecule has 3 heterocycles. The Labute approximate surface area is 147 Å². The highest BCUT2D eigenvalue weighted by Crippen LogP contribution is 2.42. The number of rotatable bonds is 5. The summed E-state index contributed by atoms with van der Waals surface area (Å²) in [7, 11) is 0. The van der Waals surface area contributed by atoms with Crippen LogP contribution in [-0.2, 0) is 9.53 Å². The topological polar surface area (TPSA) is 75.5 Å². The van der Waals surface area contributed by atoms with Gasteiger partial charge < -0.3 is 14.4 Å². The van der Waals surface area contributed by atoms with Crippen LogP contribution in [0.15, 0.2) is 18.3 Å². The highest BCUT2D eigenvalue weighted by Gasteiger charge is 2.49. The Morgan fingerprint density at radius 1 is 1.48 bits per heavy atom. The summed E-state index contributed by atoms with van der Waals surface area (Å²) in [6, 6.07) is 5.47. The molecule has 6 heteroatoms. The van der Waals surface area contributed by atoms with Gasteiger partial charge in [0.05, 0.1) is 24.9 Å². The summed E-state index contributed by atoms with van der Waals surface area (Å²) in [4.78, 5) is 18.6. The molecule has 3 aliphatic rings. The lowest BCUT2D eigenvalue weighted by Crippen LogP contribution is -2.32. The van der Waals surface area contributed by atoms with Crippen LogP contribution in [0.5, 0.6) is 5.88 Å². The molecule has 0 radical (unpaired) electrons. The lowest BCUT2D eigenvalue weighted by atomic mass is 9.91. The Balaban J connectivity index is 1.26. The summed E-state index contributed by atoms with van der Waals surface area (Å²) in [5, 5.41) is 8.78. The number of carbonyl (C=O) groups excluding carboxylic acids is 1. The monoisotopic (exact) mass is 341 g/mol. The average Bonchev–Trinajstić information content (AvgIpc) is 3.04. The van der Waals surface area contributed by atoms with E-state index in [0.29, 0.717) is 41.7 Å². The van der Waals surface area contributed by atoms with Gasteiger partial charge in [0.2, 0.25) is 11.8 Å². The minimum Gasteiger partial charge on any atom is -0.478 e. The van der Waals surface area contributed by atoms with Crippen LogP contribution >= 0.6 is 0 Å². The first-order chi connectivity index (χ1) is 12.2. The van der Waals surface area contributed by atoms with Crippen LogP contribution in [0, 0.1) is 35.0 Å². The van der Waals surface area contributed by atoms with E-state index in [9.17, 15) is 4.79 Å². The van der Waals surface area contributed by atoms with E-state index in [2.05, 4.69) is 11.9 Å². The normalized spacial score (nSPS) is 33.0. The number of pyridine rings is 1. The van der Waals surface area contributed by atoms with Crippen molar-refractivity contribution < 1.29 is 14.3 Å². The average molecular weight is 341 g/mol. The first-order valence-corrected chi connectivity index (χ1v) is 9.05. The third-order valence-corrected chi connectivity index (χ3v) is 5.78. The van der Waals surface area contributed by atoms with E-state index in [1.54, 1.807) is 12.1 Å². The Bertz CT molecular complexity index is 684. The number of carbonyl (C=O) groups is 1. The fraction of sp³-hybridized carbons (Fsp3) is 0.632. The van der Waals surface area contributed by atoms with Crippen molar-refractivity contribution >= 4 is 5.91 Å². The maximum atomic E-state index is 12.4. The van der Waals surface area contributed by atoms with Crippen LogP contribution in [0.4, 0.5) is 0 Å². The Kier molecular flexibility index (Phi) is 4.34. The van der Waals surface area contributed by atoms with Crippen molar-refractivity contribution in [2.45, 2.75) is 25.9 Å². The summed E-state index contributed by atoms with van der Waals surface area (Å²) in [6.07, 6.45) is 3.64. The van der Waals surface area contributed by atoms with E-state index in [-0.39, 0.29) is 12.0 Å². The van der Waals surface area contributed by atoms with Crippen LogP contribution in [0.1, 0.15) is 25.3 Å². The molecule has 6 nitrogen and oxygen atoms in total. The van der Waals surface area contributed by atoms with Crippen molar-refractivity contribution in [1.29, 1.82) is 5.26 Å². The molecular weight excluding hydrogens is 318 g/mol. The van der Waals surface area contributed by atoms with E-state index in [0.717, 1.165) is 32.5 Å². The van der Waals surface area contributed by atoms with Crippen molar-refractivity contribution in [2.24, 2.45) is 23.7 Å². The molecule has 1 aromatic rings. The molecule has 4 rings (SSSR count). The van der Waals surface area contributed by atoms with Gasteiger partial charge in [0, 0.05) is 37.2 Å². The second-order valence-electron chi connectivity index (χ2n) is 7.49. The van der Waals surface area contributed by atoms with Gasteiger partial charge in [-0.1, -0.05) is 6.92 Å². The van der Waals surface area contributed by atoms with Gasteiger partial charge in [-0.3, -0.25) is 4.79 Å². The van der Waals surface area contributed by atoms with Crippen molar-refractivity contribution in [3.05, 3.63) is 23.9 Å². The minimum absolute atomic E-state index is 0.191. The van der Waals surface area contributed by atoms with E-state index >= 15 is 0 Å². The summed E-state index contributed by atoms with van der Waals surface area (Å²) >= 11 is 0. The zero-order valence-corrected chi connectivity index (χ0v) is 14.4. The van der Waals surface area contributed by atoms with Crippen molar-refractivity contribution in [3.63, 3.8) is 0 Å². The van der Waals surface area contributed by atoms with Gasteiger partial charge in [-0.05, 0) is 30.7 Å². The van der Waals surface area contributed by atoms with E-state index in [1.807, 2.05) is 11.0 Å². The molecular formula is C19H23N3O3. The zero-order valence-electron chi connectivity index (χ0n) is 14.4. The maximum absolute atomic E-state index is 12.4. The number of nitrogens with zero attached hydrogens (tertiary/aromatic N) is 3. The minimum atomic E-state index is 0.191. The van der Waals surface area contributed by atoms with E-state index < -0.39 is 0 Å². The number of hydrogen-bond acceptors (Lipinski definition) is 5. The molecule has 0 bridgehead atoms. The molecule has 1 saturated carbocycles. The molecule has 2 saturated heterocycles. The Hall–Kier alpha value is -2.13. The zero-order chi connectivity index (χ0) is 17.4. The largest absolute Gasteiger partial charge is 0.478 e. The predicted molar refractivity (Wildman–Crippen MR) is 89.6 cm³/mol. The lowest BCUT2D eigenvalue weighted by molar-refractivity contribution is -0.132. The fourth-order valence-corrected chi connectivity index (χ4v) is 4.02. The van der Waals surface area contributed by atoms with Gasteiger partial charge in [-0.15, -0.1) is 0 Å².